The molecule has 0 N–H and O–H groups in total. The van der Waals surface area contributed by atoms with E-state index < -0.39 is 21.7 Å². The molecule has 5 aromatic rings. The molecule has 17 heteroatoms. The summed E-state index contributed by atoms with van der Waals surface area (Å²) in [6.45, 7) is 5.70. The third-order valence-corrected chi connectivity index (χ3v) is 11.7. The monoisotopic (exact) mass is 817 g/mol. The fourth-order valence-corrected chi connectivity index (χ4v) is 8.61. The fraction of sp³-hybridized carbons (Fsp3) is 0.415. The van der Waals surface area contributed by atoms with Crippen molar-refractivity contribution in [2.45, 2.75) is 82.1 Å². The molecule has 1 atom stereocenters. The molecule has 3 heterocycles. The van der Waals surface area contributed by atoms with E-state index in [0.29, 0.717) is 30.0 Å². The van der Waals surface area contributed by atoms with Crippen LogP contribution in [0.2, 0.25) is 0 Å². The normalized spacial score (nSPS) is 15.8. The molecule has 1 unspecified atom stereocenters. The van der Waals surface area contributed by atoms with Crippen LogP contribution in [0.1, 0.15) is 86.6 Å². The Balaban J connectivity index is 1.40. The molecule has 0 bridgehead atoms. The van der Waals surface area contributed by atoms with Crippen LogP contribution in [0.25, 0.3) is 11.0 Å². The lowest BCUT2D eigenvalue weighted by atomic mass is 10.1. The maximum absolute atomic E-state index is 15.0. The van der Waals surface area contributed by atoms with Crippen LogP contribution in [0.3, 0.4) is 0 Å². The first-order valence-electron chi connectivity index (χ1n) is 18.9. The summed E-state index contributed by atoms with van der Waals surface area (Å²) in [5, 5.41) is 9.50. The van der Waals surface area contributed by atoms with Gasteiger partial charge in [-0.1, -0.05) is 17.3 Å². The Morgan fingerprint density at radius 1 is 0.914 bits per heavy atom. The van der Waals surface area contributed by atoms with Crippen molar-refractivity contribution in [3.8, 4) is 23.0 Å². The van der Waals surface area contributed by atoms with E-state index in [1.54, 1.807) is 57.2 Å². The Labute approximate surface area is 336 Å². The number of carbonyl (C=O) groups is 2. The van der Waals surface area contributed by atoms with E-state index in [1.807, 2.05) is 10.7 Å². The van der Waals surface area contributed by atoms with Gasteiger partial charge < -0.3 is 32.9 Å². The number of anilines is 3. The van der Waals surface area contributed by atoms with E-state index in [9.17, 15) is 18.0 Å². The highest BCUT2D eigenvalue weighted by Gasteiger charge is 2.38. The number of sulfonamides is 1. The van der Waals surface area contributed by atoms with Gasteiger partial charge in [0.2, 0.25) is 0 Å². The molecule has 308 valence electrons. The highest BCUT2D eigenvalue weighted by atomic mass is 32.2. The van der Waals surface area contributed by atoms with Gasteiger partial charge in [0.05, 0.1) is 46.1 Å². The summed E-state index contributed by atoms with van der Waals surface area (Å²) >= 11 is 0. The topological polar surface area (TPSA) is 174 Å². The van der Waals surface area contributed by atoms with Gasteiger partial charge in [0.25, 0.3) is 10.0 Å². The van der Waals surface area contributed by atoms with Crippen molar-refractivity contribution >= 4 is 50.7 Å². The van der Waals surface area contributed by atoms with Crippen molar-refractivity contribution in [2.75, 3.05) is 44.3 Å². The van der Waals surface area contributed by atoms with Crippen LogP contribution in [0.15, 0.2) is 64.0 Å². The molecule has 0 spiro atoms. The zero-order chi connectivity index (χ0) is 41.4. The third kappa shape index (κ3) is 8.00. The Morgan fingerprint density at radius 2 is 1.60 bits per heavy atom. The molecule has 1 amide bonds. The van der Waals surface area contributed by atoms with E-state index >= 15 is 0 Å². The summed E-state index contributed by atoms with van der Waals surface area (Å²) in [7, 11) is 0.943. The smallest absolute Gasteiger partial charge is 0.420 e. The predicted octanol–water partition coefficient (Wildman–Crippen LogP) is 7.92. The molecule has 2 aromatic heterocycles. The first kappa shape index (κ1) is 40.4. The van der Waals surface area contributed by atoms with E-state index in [4.69, 9.17) is 38.0 Å². The van der Waals surface area contributed by atoms with Gasteiger partial charge in [0.15, 0.2) is 28.3 Å². The van der Waals surface area contributed by atoms with Crippen molar-refractivity contribution in [1.82, 2.24) is 14.9 Å². The molecule has 1 saturated carbocycles. The first-order valence-corrected chi connectivity index (χ1v) is 20.3. The maximum atomic E-state index is 15.0. The van der Waals surface area contributed by atoms with Gasteiger partial charge in [-0.2, -0.15) is 5.10 Å². The van der Waals surface area contributed by atoms with Crippen LogP contribution in [0, 0.1) is 0 Å². The highest BCUT2D eigenvalue weighted by molar-refractivity contribution is 7.93. The largest absolute Gasteiger partial charge is 0.497 e. The molecule has 16 nitrogen and oxygen atoms in total. The number of hydrogen-bond acceptors (Lipinski definition) is 13. The quantitative estimate of drug-likeness (QED) is 0.0990. The van der Waals surface area contributed by atoms with E-state index in [0.717, 1.165) is 42.1 Å². The number of nitrogens with zero attached hydrogens (tertiary/aromatic N) is 5. The zero-order valence-electron chi connectivity index (χ0n) is 33.5. The fourth-order valence-electron chi connectivity index (χ4n) is 6.92. The first-order chi connectivity index (χ1) is 27.8. The van der Waals surface area contributed by atoms with Gasteiger partial charge in [-0.25, -0.2) is 27.1 Å². The highest BCUT2D eigenvalue weighted by Crippen LogP contribution is 2.47. The number of ether oxygens (including phenoxy) is 6. The average Bonchev–Trinajstić information content (AvgIpc) is 3.85. The van der Waals surface area contributed by atoms with Gasteiger partial charge in [0.1, 0.15) is 34.9 Å². The molecule has 2 fully saturated rings. The van der Waals surface area contributed by atoms with Crippen molar-refractivity contribution in [1.29, 1.82) is 0 Å². The number of aldehydes is 1. The zero-order valence-corrected chi connectivity index (χ0v) is 34.3. The second kappa shape index (κ2) is 16.2. The minimum atomic E-state index is -4.61. The van der Waals surface area contributed by atoms with Crippen LogP contribution >= 0.6 is 0 Å². The number of aromatic nitrogens is 3. The molecule has 1 aliphatic carbocycles. The van der Waals surface area contributed by atoms with Crippen molar-refractivity contribution in [3.63, 3.8) is 0 Å². The van der Waals surface area contributed by atoms with Crippen LogP contribution in [-0.4, -0.2) is 76.4 Å². The van der Waals surface area contributed by atoms with Gasteiger partial charge in [-0.15, -0.1) is 0 Å². The minimum Gasteiger partial charge on any atom is -0.497 e. The molecule has 58 heavy (non-hydrogen) atoms. The van der Waals surface area contributed by atoms with E-state index in [-0.39, 0.29) is 68.9 Å². The Bertz CT molecular complexity index is 2390. The maximum Gasteiger partial charge on any atom is 0.420 e. The van der Waals surface area contributed by atoms with Crippen LogP contribution < -0.4 is 28.2 Å². The standard InChI is InChI=1S/C41H47N5O11S/c1-41(2,3)56-40(48)45(36-22-30(27-13-14-27)46(42-36)37-10-8-9-17-55-37)31-21-32-29(20-33(31)52-5)39(43-57-32)44(23-25-11-15-28(51-4)16-12-25)58(49,50)38-34(53-6)18-26(24-47)19-35(38)54-7/h11-12,15-16,18-22,24,27,37H,8-10,13-14,17,23H2,1-7H3. The van der Waals surface area contributed by atoms with Crippen molar-refractivity contribution < 1.29 is 51.0 Å². The molecule has 0 radical (unpaired) electrons. The van der Waals surface area contributed by atoms with Crippen LogP contribution in [-0.2, 0) is 26.0 Å². The summed E-state index contributed by atoms with van der Waals surface area (Å²) in [6, 6.07) is 14.5. The third-order valence-electron chi connectivity index (χ3n) is 9.86. The Hall–Kier alpha value is -5.81. The minimum absolute atomic E-state index is 0.0993. The lowest BCUT2D eigenvalue weighted by molar-refractivity contribution is -0.0410. The number of benzene rings is 3. The van der Waals surface area contributed by atoms with Crippen LogP contribution in [0.4, 0.5) is 22.1 Å². The SMILES string of the molecule is COc1ccc(CN(c2noc3cc(N(C(=O)OC(C)(C)C)c4cc(C5CC5)n(C5CCCCO5)n4)c(OC)cc23)S(=O)(=O)c2c(OC)cc(C=O)cc2OC)cc1. The Kier molecular flexibility index (Phi) is 11.3. The van der Waals surface area contributed by atoms with Crippen LogP contribution in [0.5, 0.6) is 23.0 Å². The predicted molar refractivity (Wildman–Crippen MR) is 213 cm³/mol. The second-order valence-electron chi connectivity index (χ2n) is 15.0. The molecule has 1 saturated heterocycles. The van der Waals surface area contributed by atoms with Crippen molar-refractivity contribution in [2.24, 2.45) is 0 Å². The summed E-state index contributed by atoms with van der Waals surface area (Å²) < 4.78 is 73.1. The van der Waals surface area contributed by atoms with Gasteiger partial charge in [-0.05, 0) is 88.8 Å². The number of carbonyl (C=O) groups excluding carboxylic acids is 2. The molecule has 2 aliphatic rings. The molecular weight excluding hydrogens is 771 g/mol. The molecule has 3 aromatic carbocycles. The van der Waals surface area contributed by atoms with Gasteiger partial charge in [0, 0.05) is 35.9 Å². The average molecular weight is 818 g/mol. The number of hydrogen-bond donors (Lipinski definition) is 0. The lowest BCUT2D eigenvalue weighted by Gasteiger charge is -2.27. The number of fused-ring (bicyclic) bond motifs is 1. The number of amides is 1. The molecule has 1 aliphatic heterocycles. The summed E-state index contributed by atoms with van der Waals surface area (Å²) in [5.74, 6) is 0.980. The number of methoxy groups -OCH3 is 4. The summed E-state index contributed by atoms with van der Waals surface area (Å²) in [4.78, 5) is 27.0. The summed E-state index contributed by atoms with van der Waals surface area (Å²) in [6.07, 6.45) is 4.31. The van der Waals surface area contributed by atoms with E-state index in [2.05, 4.69) is 5.16 Å². The number of rotatable bonds is 14. The Morgan fingerprint density at radius 3 is 2.17 bits per heavy atom. The van der Waals surface area contributed by atoms with Gasteiger partial charge >= 0.3 is 6.09 Å². The molecular formula is C41H47N5O11S. The van der Waals surface area contributed by atoms with Gasteiger partial charge in [-0.3, -0.25) is 4.79 Å². The summed E-state index contributed by atoms with van der Waals surface area (Å²) in [5.41, 5.74) is 1.16. The van der Waals surface area contributed by atoms with E-state index in [1.165, 1.54) is 45.5 Å². The molecule has 7 rings (SSSR count). The van der Waals surface area contributed by atoms with Crippen molar-refractivity contribution in [3.05, 3.63) is 71.4 Å². The lowest BCUT2D eigenvalue weighted by Crippen LogP contribution is -2.34. The second-order valence-corrected chi connectivity index (χ2v) is 16.8.